The Morgan fingerprint density at radius 3 is 2.86 bits per heavy atom. The molecule has 4 rings (SSSR count). The van der Waals surface area contributed by atoms with E-state index in [4.69, 9.17) is 22.1 Å². The highest BCUT2D eigenvalue weighted by atomic mass is 35.5. The second-order valence-corrected chi connectivity index (χ2v) is 6.92. The standard InChI is InChI=1S/C17H17ClFN5O4/c18-9-3-1-2-8(4-9)6-23-10-5-21-16(20)22-14(10)24(17(23)27)15-13(26)12(19)11(7-25)28-15/h1-5,11-13,15,25-26H,6-7H2,(H2,20,21,22)/t11-,12-,13-,15-/m1/s1. The Bertz CT molecular complexity index is 1090. The van der Waals surface area contributed by atoms with Crippen LogP contribution >= 0.6 is 11.6 Å². The molecule has 148 valence electrons. The summed E-state index contributed by atoms with van der Waals surface area (Å²) in [6.45, 7) is -0.497. The Kier molecular flexibility index (Phi) is 4.79. The van der Waals surface area contributed by atoms with Gasteiger partial charge in [-0.1, -0.05) is 23.7 Å². The van der Waals surface area contributed by atoms with Crippen LogP contribution in [0, 0.1) is 0 Å². The van der Waals surface area contributed by atoms with E-state index in [1.54, 1.807) is 24.3 Å². The molecule has 1 fully saturated rings. The van der Waals surface area contributed by atoms with Gasteiger partial charge in [0.15, 0.2) is 18.0 Å². The molecule has 3 aromatic rings. The summed E-state index contributed by atoms with van der Waals surface area (Å²) >= 11 is 6.01. The molecule has 0 aliphatic carbocycles. The Hall–Kier alpha value is -2.53. The van der Waals surface area contributed by atoms with Crippen LogP contribution in [0.1, 0.15) is 11.8 Å². The summed E-state index contributed by atoms with van der Waals surface area (Å²) in [6.07, 6.45) is -4.75. The number of aliphatic hydroxyl groups excluding tert-OH is 2. The Morgan fingerprint density at radius 1 is 1.39 bits per heavy atom. The summed E-state index contributed by atoms with van der Waals surface area (Å²) < 4.78 is 22.0. The van der Waals surface area contributed by atoms with Crippen LogP contribution in [0.2, 0.25) is 5.02 Å². The highest BCUT2D eigenvalue weighted by molar-refractivity contribution is 6.30. The van der Waals surface area contributed by atoms with E-state index in [1.807, 2.05) is 0 Å². The summed E-state index contributed by atoms with van der Waals surface area (Å²) in [5.41, 5.74) is 6.23. The lowest BCUT2D eigenvalue weighted by molar-refractivity contribution is -0.0513. The van der Waals surface area contributed by atoms with Crippen molar-refractivity contribution in [3.05, 3.63) is 51.5 Å². The lowest BCUT2D eigenvalue weighted by atomic mass is 10.1. The Balaban J connectivity index is 1.87. The molecule has 1 saturated heterocycles. The van der Waals surface area contributed by atoms with Crippen LogP contribution in [0.5, 0.6) is 0 Å². The van der Waals surface area contributed by atoms with Gasteiger partial charge >= 0.3 is 5.69 Å². The number of rotatable bonds is 4. The van der Waals surface area contributed by atoms with E-state index in [9.17, 15) is 19.4 Å². The number of aromatic nitrogens is 4. The predicted molar refractivity (Wildman–Crippen MR) is 98.7 cm³/mol. The number of aliphatic hydroxyl groups is 2. The maximum absolute atomic E-state index is 14.2. The number of halogens is 2. The SMILES string of the molecule is Nc1ncc2c(n1)n([C@@H]1O[C@H](CO)[C@@H](F)[C@H]1O)c(=O)n2Cc1cccc(Cl)c1. The van der Waals surface area contributed by atoms with Crippen LogP contribution in [0.4, 0.5) is 10.3 Å². The zero-order valence-corrected chi connectivity index (χ0v) is 15.2. The number of fused-ring (bicyclic) bond motifs is 1. The molecule has 1 aliphatic heterocycles. The molecule has 0 bridgehead atoms. The zero-order valence-electron chi connectivity index (χ0n) is 14.4. The van der Waals surface area contributed by atoms with Crippen LogP contribution in [0.15, 0.2) is 35.3 Å². The fraction of sp³-hybridized carbons (Fsp3) is 0.353. The van der Waals surface area contributed by atoms with Crippen molar-refractivity contribution in [3.63, 3.8) is 0 Å². The third-order valence-electron chi connectivity index (χ3n) is 4.68. The third-order valence-corrected chi connectivity index (χ3v) is 4.91. The highest BCUT2D eigenvalue weighted by Crippen LogP contribution is 2.32. The topological polar surface area (TPSA) is 128 Å². The first-order valence-corrected chi connectivity index (χ1v) is 8.84. The van der Waals surface area contributed by atoms with Gasteiger partial charge in [0.25, 0.3) is 0 Å². The van der Waals surface area contributed by atoms with Crippen molar-refractivity contribution in [2.45, 2.75) is 31.2 Å². The predicted octanol–water partition coefficient (Wildman–Crippen LogP) is 0.466. The van der Waals surface area contributed by atoms with Gasteiger partial charge in [-0.05, 0) is 17.7 Å². The van der Waals surface area contributed by atoms with Crippen molar-refractivity contribution in [1.82, 2.24) is 19.1 Å². The highest BCUT2D eigenvalue weighted by Gasteiger charge is 2.46. The molecule has 11 heteroatoms. The number of alkyl halides is 1. The van der Waals surface area contributed by atoms with Gasteiger partial charge in [-0.15, -0.1) is 0 Å². The molecule has 1 aromatic carbocycles. The van der Waals surface area contributed by atoms with E-state index >= 15 is 0 Å². The lowest BCUT2D eigenvalue weighted by Gasteiger charge is -2.15. The van der Waals surface area contributed by atoms with E-state index in [0.29, 0.717) is 10.5 Å². The minimum Gasteiger partial charge on any atom is -0.394 e. The monoisotopic (exact) mass is 409 g/mol. The molecule has 0 saturated carbocycles. The van der Waals surface area contributed by atoms with Crippen molar-refractivity contribution < 1.29 is 19.3 Å². The average Bonchev–Trinajstić information content (AvgIpc) is 3.09. The fourth-order valence-corrected chi connectivity index (χ4v) is 3.55. The van der Waals surface area contributed by atoms with Crippen molar-refractivity contribution in [3.8, 4) is 0 Å². The Morgan fingerprint density at radius 2 is 2.18 bits per heavy atom. The first kappa shape index (κ1) is 18.8. The molecule has 9 nitrogen and oxygen atoms in total. The molecular formula is C17H17ClFN5O4. The number of nitrogens with zero attached hydrogens (tertiary/aromatic N) is 4. The summed E-state index contributed by atoms with van der Waals surface area (Å²) in [6, 6.07) is 6.95. The second kappa shape index (κ2) is 7.13. The number of nitrogens with two attached hydrogens (primary N) is 1. The van der Waals surface area contributed by atoms with E-state index in [2.05, 4.69) is 9.97 Å². The quantitative estimate of drug-likeness (QED) is 0.571. The van der Waals surface area contributed by atoms with Crippen LogP contribution in [0.25, 0.3) is 11.2 Å². The van der Waals surface area contributed by atoms with Gasteiger partial charge in [0, 0.05) is 5.02 Å². The maximum Gasteiger partial charge on any atom is 0.332 e. The van der Waals surface area contributed by atoms with Crippen LogP contribution in [0.3, 0.4) is 0 Å². The molecule has 4 N–H and O–H groups in total. The van der Waals surface area contributed by atoms with Crippen molar-refractivity contribution in [1.29, 1.82) is 0 Å². The Labute approximate surface area is 162 Å². The normalized spacial score (nSPS) is 24.9. The van der Waals surface area contributed by atoms with Gasteiger partial charge in [0.05, 0.1) is 19.3 Å². The molecule has 0 radical (unpaired) electrons. The molecule has 4 atom stereocenters. The molecule has 1 aliphatic rings. The van der Waals surface area contributed by atoms with Crippen molar-refractivity contribution in [2.24, 2.45) is 0 Å². The number of imidazole rings is 1. The van der Waals surface area contributed by atoms with Crippen molar-refractivity contribution >= 4 is 28.7 Å². The van der Waals surface area contributed by atoms with E-state index in [-0.39, 0.29) is 18.1 Å². The molecule has 28 heavy (non-hydrogen) atoms. The van der Waals surface area contributed by atoms with Gasteiger partial charge < -0.3 is 20.7 Å². The lowest BCUT2D eigenvalue weighted by Crippen LogP contribution is -2.34. The molecule has 0 spiro atoms. The minimum absolute atomic E-state index is 0.0920. The number of nitrogen functional groups attached to an aromatic ring is 1. The number of ether oxygens (including phenoxy) is 1. The fourth-order valence-electron chi connectivity index (χ4n) is 3.34. The number of benzene rings is 1. The minimum atomic E-state index is -1.85. The third kappa shape index (κ3) is 3.04. The molecular weight excluding hydrogens is 393 g/mol. The van der Waals surface area contributed by atoms with Gasteiger partial charge in [-0.2, -0.15) is 4.98 Å². The molecule has 0 unspecified atom stereocenters. The van der Waals surface area contributed by atoms with Gasteiger partial charge in [0.2, 0.25) is 5.95 Å². The van der Waals surface area contributed by atoms with Gasteiger partial charge in [-0.25, -0.2) is 18.7 Å². The van der Waals surface area contributed by atoms with Crippen LogP contribution in [-0.2, 0) is 11.3 Å². The first-order valence-electron chi connectivity index (χ1n) is 8.47. The van der Waals surface area contributed by atoms with Crippen LogP contribution in [-0.4, -0.2) is 54.3 Å². The van der Waals surface area contributed by atoms with Gasteiger partial charge in [-0.3, -0.25) is 4.57 Å². The number of hydrogen-bond donors (Lipinski definition) is 3. The first-order chi connectivity index (χ1) is 13.4. The summed E-state index contributed by atoms with van der Waals surface area (Å²) in [7, 11) is 0. The summed E-state index contributed by atoms with van der Waals surface area (Å²) in [4.78, 5) is 21.1. The van der Waals surface area contributed by atoms with E-state index in [1.165, 1.54) is 10.8 Å². The number of hydrogen-bond acceptors (Lipinski definition) is 7. The second-order valence-electron chi connectivity index (χ2n) is 6.49. The van der Waals surface area contributed by atoms with Crippen molar-refractivity contribution in [2.75, 3.05) is 12.3 Å². The van der Waals surface area contributed by atoms with Gasteiger partial charge in [0.1, 0.15) is 17.7 Å². The summed E-state index contributed by atoms with van der Waals surface area (Å²) in [5.74, 6) is -0.0934. The molecule has 3 heterocycles. The van der Waals surface area contributed by atoms with Crippen LogP contribution < -0.4 is 11.4 Å². The smallest absolute Gasteiger partial charge is 0.332 e. The average molecular weight is 410 g/mol. The van der Waals surface area contributed by atoms with E-state index in [0.717, 1.165) is 10.1 Å². The molecule has 0 amide bonds. The van der Waals surface area contributed by atoms with E-state index < -0.39 is 36.9 Å². The summed E-state index contributed by atoms with van der Waals surface area (Å²) in [5, 5.41) is 20.0. The zero-order chi connectivity index (χ0) is 20.0. The largest absolute Gasteiger partial charge is 0.394 e. The number of anilines is 1. The maximum atomic E-state index is 14.2. The molecule has 2 aromatic heterocycles.